The summed E-state index contributed by atoms with van der Waals surface area (Å²) in [5.41, 5.74) is 2.45. The van der Waals surface area contributed by atoms with E-state index in [0.29, 0.717) is 17.0 Å². The maximum Gasteiger partial charge on any atom is 0.177 e. The molecule has 5 rings (SSSR count). The molecule has 162 valence electrons. The molecule has 1 fully saturated rings. The lowest BCUT2D eigenvalue weighted by Crippen LogP contribution is -2.43. The van der Waals surface area contributed by atoms with E-state index in [4.69, 9.17) is 11.6 Å². The van der Waals surface area contributed by atoms with Gasteiger partial charge in [-0.1, -0.05) is 65.8 Å². The van der Waals surface area contributed by atoms with E-state index >= 15 is 0 Å². The molecule has 1 aromatic heterocycles. The molecule has 0 N–H and O–H groups in total. The molecule has 0 radical (unpaired) electrons. The highest BCUT2D eigenvalue weighted by Gasteiger charge is 2.46. The highest BCUT2D eigenvalue weighted by molar-refractivity contribution is 8.00. The van der Waals surface area contributed by atoms with Crippen LogP contribution in [0.2, 0.25) is 5.02 Å². The van der Waals surface area contributed by atoms with Gasteiger partial charge in [0, 0.05) is 28.3 Å². The van der Waals surface area contributed by atoms with Crippen LogP contribution in [0.3, 0.4) is 0 Å². The first-order valence-corrected chi connectivity index (χ1v) is 12.4. The average molecular weight is 462 g/mol. The number of rotatable bonds is 4. The van der Waals surface area contributed by atoms with Gasteiger partial charge in [0.1, 0.15) is 0 Å². The molecule has 1 heterocycles. The Balaban J connectivity index is 1.42. The number of Topliss-reactive ketones (excluding diaryl/α,β-unsaturated/α-hetero) is 2. The Hall–Kier alpha value is -2.43. The molecule has 0 saturated heterocycles. The van der Waals surface area contributed by atoms with Crippen molar-refractivity contribution in [1.29, 1.82) is 0 Å². The van der Waals surface area contributed by atoms with Crippen molar-refractivity contribution in [2.45, 2.75) is 41.9 Å². The number of hydrogen-bond donors (Lipinski definition) is 0. The normalized spacial score (nSPS) is 25.4. The van der Waals surface area contributed by atoms with Crippen molar-refractivity contribution in [3.8, 4) is 0 Å². The van der Waals surface area contributed by atoms with Crippen LogP contribution in [0.25, 0.3) is 0 Å². The number of fused-ring (bicyclic) bond motifs is 1. The number of aromatic nitrogens is 1. The van der Waals surface area contributed by atoms with Gasteiger partial charge in [-0.05, 0) is 67.3 Å². The summed E-state index contributed by atoms with van der Waals surface area (Å²) < 4.78 is 0. The lowest BCUT2D eigenvalue weighted by Gasteiger charge is -2.39. The lowest BCUT2D eigenvalue weighted by atomic mass is 9.68. The molecule has 2 aliphatic rings. The van der Waals surface area contributed by atoms with Crippen molar-refractivity contribution in [3.63, 3.8) is 0 Å². The third-order valence-corrected chi connectivity index (χ3v) is 8.35. The maximum atomic E-state index is 13.7. The van der Waals surface area contributed by atoms with E-state index in [1.807, 2.05) is 48.5 Å². The van der Waals surface area contributed by atoms with E-state index < -0.39 is 5.25 Å². The zero-order valence-corrected chi connectivity index (χ0v) is 19.2. The van der Waals surface area contributed by atoms with E-state index in [0.717, 1.165) is 35.7 Å². The Labute approximate surface area is 197 Å². The van der Waals surface area contributed by atoms with Crippen molar-refractivity contribution >= 4 is 34.9 Å². The summed E-state index contributed by atoms with van der Waals surface area (Å²) >= 11 is 7.50. The van der Waals surface area contributed by atoms with E-state index in [9.17, 15) is 9.59 Å². The van der Waals surface area contributed by atoms with Crippen LogP contribution in [-0.2, 0) is 0 Å². The van der Waals surface area contributed by atoms with Crippen LogP contribution in [0.4, 0.5) is 0 Å². The van der Waals surface area contributed by atoms with Crippen LogP contribution >= 0.6 is 23.4 Å². The largest absolute Gasteiger partial charge is 0.294 e. The molecule has 3 nitrogen and oxygen atoms in total. The summed E-state index contributed by atoms with van der Waals surface area (Å²) in [6.45, 7) is 0. The standard InChI is InChI=1S/C27H24ClNO2S/c28-20-14-12-18(13-15-20)17-8-10-19(11-9-17)24-25(30)21-5-1-2-6-22(21)26(31)27(24)32-23-7-3-4-16-29-23/h1-7,12-17,19,24,27H,8-11H2. The Bertz CT molecular complexity index is 1120. The van der Waals surface area contributed by atoms with Gasteiger partial charge in [-0.25, -0.2) is 4.98 Å². The van der Waals surface area contributed by atoms with Crippen LogP contribution in [0, 0.1) is 11.8 Å². The second-order valence-corrected chi connectivity index (χ2v) is 10.3. The predicted octanol–water partition coefficient (Wildman–Crippen LogP) is 6.87. The highest BCUT2D eigenvalue weighted by Crippen LogP contribution is 2.46. The van der Waals surface area contributed by atoms with E-state index in [1.54, 1.807) is 12.3 Å². The summed E-state index contributed by atoms with van der Waals surface area (Å²) in [7, 11) is 0. The van der Waals surface area contributed by atoms with E-state index in [2.05, 4.69) is 17.1 Å². The fourth-order valence-corrected chi connectivity index (χ4v) is 6.62. The van der Waals surface area contributed by atoms with Crippen LogP contribution in [-0.4, -0.2) is 21.8 Å². The number of hydrogen-bond acceptors (Lipinski definition) is 4. The van der Waals surface area contributed by atoms with Crippen molar-refractivity contribution in [1.82, 2.24) is 4.98 Å². The summed E-state index contributed by atoms with van der Waals surface area (Å²) in [5, 5.41) is 1.11. The second kappa shape index (κ2) is 9.21. The first-order valence-electron chi connectivity index (χ1n) is 11.1. The van der Waals surface area contributed by atoms with E-state index in [1.165, 1.54) is 17.3 Å². The Morgan fingerprint density at radius 3 is 2.09 bits per heavy atom. The van der Waals surface area contributed by atoms with Crippen molar-refractivity contribution in [2.75, 3.05) is 0 Å². The molecule has 32 heavy (non-hydrogen) atoms. The monoisotopic (exact) mass is 461 g/mol. The average Bonchev–Trinajstić information content (AvgIpc) is 2.84. The molecule has 0 amide bonds. The van der Waals surface area contributed by atoms with Crippen LogP contribution < -0.4 is 0 Å². The van der Waals surface area contributed by atoms with Crippen LogP contribution in [0.15, 0.2) is 78.0 Å². The minimum atomic E-state index is -0.426. The lowest BCUT2D eigenvalue weighted by molar-refractivity contribution is 0.0753. The van der Waals surface area contributed by atoms with Crippen molar-refractivity contribution in [2.24, 2.45) is 11.8 Å². The first kappa shape index (κ1) is 21.4. The molecule has 0 bridgehead atoms. The van der Waals surface area contributed by atoms with Gasteiger partial charge >= 0.3 is 0 Å². The molecule has 2 aliphatic carbocycles. The van der Waals surface area contributed by atoms with Gasteiger partial charge in [0.15, 0.2) is 11.6 Å². The van der Waals surface area contributed by atoms with Gasteiger partial charge in [0.05, 0.1) is 10.3 Å². The summed E-state index contributed by atoms with van der Waals surface area (Å²) in [5.74, 6) is 0.538. The number of carbonyl (C=O) groups excluding carboxylic acids is 2. The number of thioether (sulfide) groups is 1. The number of benzene rings is 2. The Morgan fingerprint density at radius 2 is 1.44 bits per heavy atom. The Morgan fingerprint density at radius 1 is 0.781 bits per heavy atom. The first-order chi connectivity index (χ1) is 15.6. The van der Waals surface area contributed by atoms with Gasteiger partial charge in [-0.2, -0.15) is 0 Å². The molecular formula is C27H24ClNO2S. The molecule has 0 spiro atoms. The van der Waals surface area contributed by atoms with E-state index in [-0.39, 0.29) is 23.4 Å². The molecule has 2 unspecified atom stereocenters. The smallest absolute Gasteiger partial charge is 0.177 e. The third-order valence-electron chi connectivity index (χ3n) is 6.85. The quantitative estimate of drug-likeness (QED) is 0.425. The fraction of sp³-hybridized carbons (Fsp3) is 0.296. The topological polar surface area (TPSA) is 47.0 Å². The molecule has 2 atom stereocenters. The van der Waals surface area contributed by atoms with Gasteiger partial charge in [-0.15, -0.1) is 0 Å². The molecule has 3 aromatic rings. The number of halogens is 1. The number of ketones is 2. The van der Waals surface area contributed by atoms with Gasteiger partial charge in [0.2, 0.25) is 0 Å². The van der Waals surface area contributed by atoms with Crippen LogP contribution in [0.1, 0.15) is 57.9 Å². The second-order valence-electron chi connectivity index (χ2n) is 8.67. The molecular weight excluding hydrogens is 438 g/mol. The summed E-state index contributed by atoms with van der Waals surface area (Å²) in [4.78, 5) is 31.6. The van der Waals surface area contributed by atoms with Crippen molar-refractivity contribution in [3.05, 3.63) is 94.6 Å². The van der Waals surface area contributed by atoms with Gasteiger partial charge in [-0.3, -0.25) is 9.59 Å². The van der Waals surface area contributed by atoms with Gasteiger partial charge < -0.3 is 0 Å². The molecule has 0 aliphatic heterocycles. The minimum Gasteiger partial charge on any atom is -0.294 e. The van der Waals surface area contributed by atoms with Crippen LogP contribution in [0.5, 0.6) is 0 Å². The summed E-state index contributed by atoms with van der Waals surface area (Å²) in [6.07, 6.45) is 5.66. The predicted molar refractivity (Wildman–Crippen MR) is 129 cm³/mol. The Kier molecular flexibility index (Phi) is 6.16. The SMILES string of the molecule is O=C1c2ccccc2C(=O)C(C2CCC(c3ccc(Cl)cc3)CC2)C1Sc1ccccn1. The summed E-state index contributed by atoms with van der Waals surface area (Å²) in [6, 6.07) is 21.1. The zero-order chi connectivity index (χ0) is 22.1. The molecule has 1 saturated carbocycles. The minimum absolute atomic E-state index is 0.0562. The van der Waals surface area contributed by atoms with Crippen molar-refractivity contribution < 1.29 is 9.59 Å². The van der Waals surface area contributed by atoms with Gasteiger partial charge in [0.25, 0.3) is 0 Å². The highest BCUT2D eigenvalue weighted by atomic mass is 35.5. The third kappa shape index (κ3) is 4.14. The number of carbonyl (C=O) groups is 2. The number of nitrogens with zero attached hydrogens (tertiary/aromatic N) is 1. The fourth-order valence-electron chi connectivity index (χ4n) is 5.23. The zero-order valence-electron chi connectivity index (χ0n) is 17.6. The molecule has 5 heteroatoms. The maximum absolute atomic E-state index is 13.7. The number of pyridine rings is 1. The molecule has 2 aromatic carbocycles.